The molecule has 1 aromatic heterocycles. The van der Waals surface area contributed by atoms with Crippen LogP contribution in [0.5, 0.6) is 11.5 Å². The minimum absolute atomic E-state index is 0.0129. The molecule has 10 nitrogen and oxygen atoms in total. The molecule has 0 aliphatic rings. The zero-order valence-corrected chi connectivity index (χ0v) is 19.7. The van der Waals surface area contributed by atoms with E-state index >= 15 is 0 Å². The monoisotopic (exact) mass is 494 g/mol. The molecule has 12 heteroatoms. The fourth-order valence-electron chi connectivity index (χ4n) is 2.71. The minimum Gasteiger partial charge on any atom is -0.493 e. The van der Waals surface area contributed by atoms with Crippen LogP contribution in [0.1, 0.15) is 13.8 Å². The number of nitrogens with zero attached hydrogens (tertiary/aromatic N) is 2. The molecule has 0 unspecified atom stereocenters. The summed E-state index contributed by atoms with van der Waals surface area (Å²) in [4.78, 5) is 29.7. The smallest absolute Gasteiger partial charge is 0.411 e. The Hall–Kier alpha value is -3.86. The van der Waals surface area contributed by atoms with Gasteiger partial charge in [0.25, 0.3) is 0 Å². The van der Waals surface area contributed by atoms with Gasteiger partial charge < -0.3 is 24.3 Å². The van der Waals surface area contributed by atoms with Gasteiger partial charge in [-0.15, -0.1) is 0 Å². The maximum Gasteiger partial charge on any atom is 0.411 e. The normalized spacial score (nSPS) is 9.94. The lowest BCUT2D eigenvalue weighted by Crippen LogP contribution is -2.14. The standard InChI is InChI=1S/C19H19FN4O4.C3H5ClO2/c1-4-28-19(25)24-15-7-11(5-6-13(15)20)23-18-12-8-16(26-2)17(27-3)9-14(12)21-10-22-18;1-2-6-3(4)5/h5-10H,4H2,1-3H3,(H,24,25)(H,21,22,23);2H2,1H3. The highest BCUT2D eigenvalue weighted by atomic mass is 35.5. The summed E-state index contributed by atoms with van der Waals surface area (Å²) in [6.45, 7) is 3.89. The van der Waals surface area contributed by atoms with Crippen LogP contribution in [0, 0.1) is 5.82 Å². The highest BCUT2D eigenvalue weighted by molar-refractivity contribution is 6.61. The molecule has 0 bridgehead atoms. The zero-order valence-electron chi connectivity index (χ0n) is 19.0. The first-order valence-corrected chi connectivity index (χ1v) is 10.4. The fourth-order valence-corrected chi connectivity index (χ4v) is 2.82. The molecule has 2 aromatic carbocycles. The first kappa shape index (κ1) is 26.4. The molecule has 3 rings (SSSR count). The van der Waals surface area contributed by atoms with Crippen LogP contribution in [0.4, 0.5) is 31.2 Å². The Morgan fingerprint density at radius 2 is 1.68 bits per heavy atom. The summed E-state index contributed by atoms with van der Waals surface area (Å²) in [6, 6.07) is 7.69. The molecular formula is C22H24ClFN4O6. The topological polar surface area (TPSA) is 121 Å². The molecule has 0 saturated heterocycles. The van der Waals surface area contributed by atoms with E-state index in [0.29, 0.717) is 40.5 Å². The predicted octanol–water partition coefficient (Wildman–Crippen LogP) is 5.48. The van der Waals surface area contributed by atoms with Crippen LogP contribution in [0.2, 0.25) is 0 Å². The van der Waals surface area contributed by atoms with Crippen LogP contribution in [0.3, 0.4) is 0 Å². The number of carbonyl (C=O) groups excluding carboxylic acids is 2. The third kappa shape index (κ3) is 7.34. The van der Waals surface area contributed by atoms with Crippen LogP contribution < -0.4 is 20.1 Å². The van der Waals surface area contributed by atoms with Crippen molar-refractivity contribution < 1.29 is 32.9 Å². The summed E-state index contributed by atoms with van der Waals surface area (Å²) in [5, 5.41) is 6.15. The van der Waals surface area contributed by atoms with E-state index in [4.69, 9.17) is 25.8 Å². The van der Waals surface area contributed by atoms with Gasteiger partial charge in [-0.25, -0.2) is 23.9 Å². The number of carbonyl (C=O) groups is 2. The number of benzene rings is 2. The van der Waals surface area contributed by atoms with Crippen LogP contribution in [0.15, 0.2) is 36.7 Å². The van der Waals surface area contributed by atoms with Gasteiger partial charge in [-0.1, -0.05) is 0 Å². The molecule has 1 heterocycles. The van der Waals surface area contributed by atoms with E-state index in [0.717, 1.165) is 0 Å². The fraction of sp³-hybridized carbons (Fsp3) is 0.273. The lowest BCUT2D eigenvalue weighted by atomic mass is 10.2. The molecular weight excluding hydrogens is 471 g/mol. The second-order valence-electron chi connectivity index (χ2n) is 6.28. The van der Waals surface area contributed by atoms with Crippen molar-refractivity contribution in [3.8, 4) is 11.5 Å². The van der Waals surface area contributed by atoms with E-state index in [2.05, 4.69) is 25.3 Å². The Bertz CT molecular complexity index is 1150. The molecule has 0 radical (unpaired) electrons. The summed E-state index contributed by atoms with van der Waals surface area (Å²) in [7, 11) is 3.08. The number of hydrogen-bond acceptors (Lipinski definition) is 9. The van der Waals surface area contributed by atoms with Gasteiger partial charge in [-0.3, -0.25) is 5.32 Å². The van der Waals surface area contributed by atoms with Crippen molar-refractivity contribution in [3.05, 3.63) is 42.5 Å². The lowest BCUT2D eigenvalue weighted by molar-refractivity contribution is 0.167. The summed E-state index contributed by atoms with van der Waals surface area (Å²) in [6.07, 6.45) is 0.667. The largest absolute Gasteiger partial charge is 0.493 e. The molecule has 0 saturated carbocycles. The van der Waals surface area contributed by atoms with E-state index in [-0.39, 0.29) is 12.3 Å². The Kier molecular flexibility index (Phi) is 10.1. The van der Waals surface area contributed by atoms with Gasteiger partial charge in [0.1, 0.15) is 18.0 Å². The van der Waals surface area contributed by atoms with Gasteiger partial charge >= 0.3 is 11.5 Å². The maximum absolute atomic E-state index is 14.0. The first-order valence-electron chi connectivity index (χ1n) is 10.0. The summed E-state index contributed by atoms with van der Waals surface area (Å²) in [5.41, 5.74) is 0.406. The number of ether oxygens (including phenoxy) is 4. The van der Waals surface area contributed by atoms with E-state index in [9.17, 15) is 14.0 Å². The molecule has 2 N–H and O–H groups in total. The SMILES string of the molecule is CCOC(=O)Cl.CCOC(=O)Nc1cc(Nc2ncnc3cc(OC)c(OC)cc23)ccc1F. The van der Waals surface area contributed by atoms with E-state index in [1.165, 1.54) is 31.6 Å². The molecule has 1 amide bonds. The minimum atomic E-state index is -0.738. The third-order valence-corrected chi connectivity index (χ3v) is 4.25. The number of methoxy groups -OCH3 is 2. The summed E-state index contributed by atoms with van der Waals surface area (Å²) >= 11 is 4.72. The van der Waals surface area contributed by atoms with Crippen LogP contribution >= 0.6 is 11.6 Å². The van der Waals surface area contributed by atoms with Gasteiger partial charge in [0.2, 0.25) is 0 Å². The average molecular weight is 495 g/mol. The lowest BCUT2D eigenvalue weighted by Gasteiger charge is -2.13. The number of anilines is 3. The highest BCUT2D eigenvalue weighted by Gasteiger charge is 2.13. The van der Waals surface area contributed by atoms with Gasteiger partial charge in [0.05, 0.1) is 38.6 Å². The Morgan fingerprint density at radius 3 is 2.26 bits per heavy atom. The Balaban J connectivity index is 0.000000604. The average Bonchev–Trinajstić information content (AvgIpc) is 2.81. The van der Waals surface area contributed by atoms with Crippen molar-refractivity contribution in [2.24, 2.45) is 0 Å². The van der Waals surface area contributed by atoms with Crippen molar-refractivity contribution in [3.63, 3.8) is 0 Å². The molecule has 0 spiro atoms. The van der Waals surface area contributed by atoms with Crippen molar-refractivity contribution in [2.45, 2.75) is 13.8 Å². The van der Waals surface area contributed by atoms with Gasteiger partial charge in [-0.2, -0.15) is 0 Å². The predicted molar refractivity (Wildman–Crippen MR) is 126 cm³/mol. The van der Waals surface area contributed by atoms with E-state index in [1.54, 1.807) is 33.1 Å². The number of hydrogen-bond donors (Lipinski definition) is 2. The second-order valence-corrected chi connectivity index (χ2v) is 6.59. The number of aromatic nitrogens is 2. The first-order chi connectivity index (χ1) is 16.3. The number of fused-ring (bicyclic) bond motifs is 1. The third-order valence-electron chi connectivity index (χ3n) is 4.14. The molecule has 0 aliphatic heterocycles. The molecule has 3 aromatic rings. The summed E-state index contributed by atoms with van der Waals surface area (Å²) in [5.74, 6) is 0.969. The van der Waals surface area contributed by atoms with Crippen molar-refractivity contribution in [1.29, 1.82) is 0 Å². The Morgan fingerprint density at radius 1 is 1.00 bits per heavy atom. The molecule has 0 fully saturated rings. The van der Waals surface area contributed by atoms with Crippen LogP contribution in [-0.4, -0.2) is 48.9 Å². The van der Waals surface area contributed by atoms with Crippen molar-refractivity contribution in [1.82, 2.24) is 9.97 Å². The zero-order chi connectivity index (χ0) is 25.1. The number of amides is 1. The maximum atomic E-state index is 14.0. The van der Waals surface area contributed by atoms with Crippen LogP contribution in [-0.2, 0) is 9.47 Å². The van der Waals surface area contributed by atoms with Crippen molar-refractivity contribution in [2.75, 3.05) is 38.1 Å². The number of rotatable bonds is 7. The molecule has 34 heavy (non-hydrogen) atoms. The highest BCUT2D eigenvalue weighted by Crippen LogP contribution is 2.34. The number of halogens is 2. The van der Waals surface area contributed by atoms with Gasteiger partial charge in [0, 0.05) is 28.7 Å². The molecule has 182 valence electrons. The van der Waals surface area contributed by atoms with E-state index in [1.807, 2.05) is 0 Å². The number of nitrogens with one attached hydrogen (secondary N) is 2. The van der Waals surface area contributed by atoms with E-state index < -0.39 is 17.3 Å². The molecule has 0 atom stereocenters. The van der Waals surface area contributed by atoms with Gasteiger partial charge in [0.15, 0.2) is 11.5 Å². The van der Waals surface area contributed by atoms with Crippen LogP contribution in [0.25, 0.3) is 10.9 Å². The van der Waals surface area contributed by atoms with Crippen molar-refractivity contribution >= 4 is 51.2 Å². The Labute approximate surface area is 200 Å². The quantitative estimate of drug-likeness (QED) is 0.411. The summed E-state index contributed by atoms with van der Waals surface area (Å²) < 4.78 is 33.6. The second kappa shape index (κ2) is 13.0. The molecule has 0 aliphatic carbocycles. The van der Waals surface area contributed by atoms with Gasteiger partial charge in [-0.05, 0) is 38.1 Å².